The predicted molar refractivity (Wildman–Crippen MR) is 65.3 cm³/mol. The van der Waals surface area contributed by atoms with Crippen LogP contribution in [0.4, 0.5) is 0 Å². The van der Waals surface area contributed by atoms with Gasteiger partial charge in [0.1, 0.15) is 0 Å². The molecule has 0 radical (unpaired) electrons. The fraction of sp³-hybridized carbons (Fsp3) is 0.286. The SMILES string of the molecule is Cc1cccc2c(C#N)cc(C(C)C)nc12. The van der Waals surface area contributed by atoms with Crippen molar-refractivity contribution in [3.63, 3.8) is 0 Å². The normalized spacial score (nSPS) is 10.7. The molecule has 0 N–H and O–H groups in total. The molecule has 1 aromatic heterocycles. The van der Waals surface area contributed by atoms with Gasteiger partial charge in [0.2, 0.25) is 0 Å². The number of aryl methyl sites for hydroxylation is 1. The van der Waals surface area contributed by atoms with Gasteiger partial charge in [-0.1, -0.05) is 32.0 Å². The maximum atomic E-state index is 9.15. The molecule has 1 heterocycles. The first-order valence-electron chi connectivity index (χ1n) is 5.44. The highest BCUT2D eigenvalue weighted by Gasteiger charge is 2.09. The molecular formula is C14H14N2. The van der Waals surface area contributed by atoms with Crippen LogP contribution in [0.25, 0.3) is 10.9 Å². The number of fused-ring (bicyclic) bond motifs is 1. The van der Waals surface area contributed by atoms with Crippen molar-refractivity contribution in [1.29, 1.82) is 5.26 Å². The zero-order valence-electron chi connectivity index (χ0n) is 9.78. The molecule has 0 aliphatic carbocycles. The van der Waals surface area contributed by atoms with E-state index in [0.29, 0.717) is 5.92 Å². The monoisotopic (exact) mass is 210 g/mol. The summed E-state index contributed by atoms with van der Waals surface area (Å²) in [5.41, 5.74) is 3.78. The Bertz CT molecular complexity index is 577. The molecule has 2 heteroatoms. The van der Waals surface area contributed by atoms with Crippen LogP contribution in [0.1, 0.15) is 36.6 Å². The minimum Gasteiger partial charge on any atom is -0.252 e. The van der Waals surface area contributed by atoms with E-state index in [2.05, 4.69) is 24.9 Å². The topological polar surface area (TPSA) is 36.7 Å². The highest BCUT2D eigenvalue weighted by Crippen LogP contribution is 2.23. The van der Waals surface area contributed by atoms with Crippen molar-refractivity contribution in [3.05, 3.63) is 41.1 Å². The van der Waals surface area contributed by atoms with Crippen molar-refractivity contribution >= 4 is 10.9 Å². The number of aromatic nitrogens is 1. The lowest BCUT2D eigenvalue weighted by molar-refractivity contribution is 0.829. The molecule has 2 aromatic rings. The number of pyridine rings is 1. The molecule has 0 saturated carbocycles. The first-order valence-corrected chi connectivity index (χ1v) is 5.44. The second-order valence-electron chi connectivity index (χ2n) is 4.33. The summed E-state index contributed by atoms with van der Waals surface area (Å²) in [5, 5.41) is 10.1. The van der Waals surface area contributed by atoms with E-state index < -0.39 is 0 Å². The van der Waals surface area contributed by atoms with Crippen LogP contribution in [0.5, 0.6) is 0 Å². The number of hydrogen-bond acceptors (Lipinski definition) is 2. The van der Waals surface area contributed by atoms with Crippen molar-refractivity contribution in [1.82, 2.24) is 4.98 Å². The van der Waals surface area contributed by atoms with E-state index in [4.69, 9.17) is 5.26 Å². The zero-order valence-corrected chi connectivity index (χ0v) is 9.78. The van der Waals surface area contributed by atoms with E-state index in [1.54, 1.807) is 0 Å². The second kappa shape index (κ2) is 3.94. The molecule has 0 aliphatic rings. The Hall–Kier alpha value is -1.88. The highest BCUT2D eigenvalue weighted by molar-refractivity contribution is 5.87. The van der Waals surface area contributed by atoms with Gasteiger partial charge in [-0.15, -0.1) is 0 Å². The molecule has 2 rings (SSSR count). The Morgan fingerprint density at radius 3 is 2.69 bits per heavy atom. The lowest BCUT2D eigenvalue weighted by Crippen LogP contribution is -1.96. The van der Waals surface area contributed by atoms with E-state index in [1.807, 2.05) is 31.2 Å². The first kappa shape index (κ1) is 10.6. The van der Waals surface area contributed by atoms with Gasteiger partial charge >= 0.3 is 0 Å². The molecule has 0 amide bonds. The number of nitrogens with zero attached hydrogens (tertiary/aromatic N) is 2. The van der Waals surface area contributed by atoms with E-state index in [-0.39, 0.29) is 0 Å². The molecule has 0 saturated heterocycles. The number of rotatable bonds is 1. The fourth-order valence-corrected chi connectivity index (χ4v) is 1.80. The first-order chi connectivity index (χ1) is 7.63. The summed E-state index contributed by atoms with van der Waals surface area (Å²) in [7, 11) is 0. The minimum absolute atomic E-state index is 0.344. The van der Waals surface area contributed by atoms with Crippen LogP contribution >= 0.6 is 0 Å². The molecule has 0 atom stereocenters. The number of benzene rings is 1. The van der Waals surface area contributed by atoms with Crippen LogP contribution in [0.2, 0.25) is 0 Å². The lowest BCUT2D eigenvalue weighted by Gasteiger charge is -2.09. The summed E-state index contributed by atoms with van der Waals surface area (Å²) in [6.07, 6.45) is 0. The van der Waals surface area contributed by atoms with Gasteiger partial charge in [-0.3, -0.25) is 4.98 Å². The average Bonchev–Trinajstić information content (AvgIpc) is 2.28. The van der Waals surface area contributed by atoms with E-state index >= 15 is 0 Å². The molecule has 80 valence electrons. The molecule has 0 bridgehead atoms. The van der Waals surface area contributed by atoms with Gasteiger partial charge in [-0.2, -0.15) is 5.26 Å². The molecule has 16 heavy (non-hydrogen) atoms. The largest absolute Gasteiger partial charge is 0.252 e. The Labute approximate surface area is 95.6 Å². The van der Waals surface area contributed by atoms with Gasteiger partial charge in [-0.05, 0) is 24.5 Å². The maximum absolute atomic E-state index is 9.15. The van der Waals surface area contributed by atoms with Crippen LogP contribution in [0.15, 0.2) is 24.3 Å². The van der Waals surface area contributed by atoms with Crippen molar-refractivity contribution in [3.8, 4) is 6.07 Å². The third-order valence-corrected chi connectivity index (χ3v) is 2.77. The third kappa shape index (κ3) is 1.65. The van der Waals surface area contributed by atoms with Gasteiger partial charge in [-0.25, -0.2) is 0 Å². The summed E-state index contributed by atoms with van der Waals surface area (Å²) in [5.74, 6) is 0.344. The summed E-state index contributed by atoms with van der Waals surface area (Å²) >= 11 is 0. The zero-order chi connectivity index (χ0) is 11.7. The second-order valence-corrected chi connectivity index (χ2v) is 4.33. The smallest absolute Gasteiger partial charge is 0.0999 e. The van der Waals surface area contributed by atoms with Crippen LogP contribution in [-0.2, 0) is 0 Å². The Balaban J connectivity index is 2.86. The van der Waals surface area contributed by atoms with Gasteiger partial charge in [0.05, 0.1) is 17.1 Å². The van der Waals surface area contributed by atoms with Crippen LogP contribution < -0.4 is 0 Å². The fourth-order valence-electron chi connectivity index (χ4n) is 1.80. The Morgan fingerprint density at radius 2 is 2.06 bits per heavy atom. The van der Waals surface area contributed by atoms with Crippen molar-refractivity contribution < 1.29 is 0 Å². The van der Waals surface area contributed by atoms with Gasteiger partial charge < -0.3 is 0 Å². The number of para-hydroxylation sites is 1. The molecule has 0 aliphatic heterocycles. The minimum atomic E-state index is 0.344. The summed E-state index contributed by atoms with van der Waals surface area (Å²) < 4.78 is 0. The maximum Gasteiger partial charge on any atom is 0.0999 e. The quantitative estimate of drug-likeness (QED) is 0.721. The number of hydrogen-bond donors (Lipinski definition) is 0. The van der Waals surface area contributed by atoms with Crippen molar-refractivity contribution in [2.24, 2.45) is 0 Å². The summed E-state index contributed by atoms with van der Waals surface area (Å²) in [4.78, 5) is 4.63. The number of nitriles is 1. The van der Waals surface area contributed by atoms with Crippen molar-refractivity contribution in [2.75, 3.05) is 0 Å². The Morgan fingerprint density at radius 1 is 1.31 bits per heavy atom. The van der Waals surface area contributed by atoms with Crippen LogP contribution in [0, 0.1) is 18.3 Å². The van der Waals surface area contributed by atoms with Crippen LogP contribution in [0.3, 0.4) is 0 Å². The lowest BCUT2D eigenvalue weighted by atomic mass is 10.0. The summed E-state index contributed by atoms with van der Waals surface area (Å²) in [6.45, 7) is 6.21. The average molecular weight is 210 g/mol. The van der Waals surface area contributed by atoms with E-state index in [1.165, 1.54) is 0 Å². The summed E-state index contributed by atoms with van der Waals surface area (Å²) in [6, 6.07) is 10.1. The molecule has 0 fully saturated rings. The standard InChI is InChI=1S/C14H14N2/c1-9(2)13-7-11(8-15)12-6-4-5-10(3)14(12)16-13/h4-7,9H,1-3H3. The van der Waals surface area contributed by atoms with Gasteiger partial charge in [0.15, 0.2) is 0 Å². The Kier molecular flexibility index (Phi) is 2.62. The molecule has 0 unspecified atom stereocenters. The van der Waals surface area contributed by atoms with Gasteiger partial charge in [0.25, 0.3) is 0 Å². The molecular weight excluding hydrogens is 196 g/mol. The van der Waals surface area contributed by atoms with E-state index in [0.717, 1.165) is 27.7 Å². The molecule has 0 spiro atoms. The highest BCUT2D eigenvalue weighted by atomic mass is 14.7. The molecule has 1 aromatic carbocycles. The van der Waals surface area contributed by atoms with Crippen molar-refractivity contribution in [2.45, 2.75) is 26.7 Å². The van der Waals surface area contributed by atoms with E-state index in [9.17, 15) is 0 Å². The van der Waals surface area contributed by atoms with Crippen LogP contribution in [-0.4, -0.2) is 4.98 Å². The molecule has 2 nitrogen and oxygen atoms in total. The third-order valence-electron chi connectivity index (χ3n) is 2.77. The predicted octanol–water partition coefficient (Wildman–Crippen LogP) is 3.54. The van der Waals surface area contributed by atoms with Gasteiger partial charge in [0, 0.05) is 11.1 Å².